The van der Waals surface area contributed by atoms with Gasteiger partial charge in [-0.25, -0.2) is 0 Å². The monoisotopic (exact) mass is 387 g/mol. The second-order valence-corrected chi connectivity index (χ2v) is 7.82. The summed E-state index contributed by atoms with van der Waals surface area (Å²) in [4.78, 5) is 2.44. The molecule has 0 radical (unpaired) electrons. The van der Waals surface area contributed by atoms with Crippen molar-refractivity contribution in [1.82, 2.24) is 4.90 Å². The summed E-state index contributed by atoms with van der Waals surface area (Å²) in [6.45, 7) is 4.29. The minimum absolute atomic E-state index is 0.156. The number of benzene rings is 2. The van der Waals surface area contributed by atoms with Gasteiger partial charge in [0.25, 0.3) is 0 Å². The van der Waals surface area contributed by atoms with Crippen LogP contribution in [0.5, 0.6) is 0 Å². The quantitative estimate of drug-likeness (QED) is 0.794. The highest BCUT2D eigenvalue weighted by Crippen LogP contribution is 2.28. The molecule has 1 aliphatic rings. The molecule has 0 unspecified atom stereocenters. The lowest BCUT2D eigenvalue weighted by molar-refractivity contribution is 0.0373. The molecular formula is C21H26BrNO. The zero-order valence-electron chi connectivity index (χ0n) is 14.2. The van der Waals surface area contributed by atoms with E-state index < -0.39 is 6.10 Å². The van der Waals surface area contributed by atoms with Crippen molar-refractivity contribution in [2.45, 2.75) is 38.3 Å². The van der Waals surface area contributed by atoms with Crippen LogP contribution in [0.2, 0.25) is 0 Å². The fraction of sp³-hybridized carbons (Fsp3) is 0.429. The Labute approximate surface area is 153 Å². The van der Waals surface area contributed by atoms with E-state index in [0.717, 1.165) is 29.0 Å². The number of hydrogen-bond acceptors (Lipinski definition) is 2. The van der Waals surface area contributed by atoms with Gasteiger partial charge >= 0.3 is 0 Å². The molecule has 0 saturated carbocycles. The zero-order chi connectivity index (χ0) is 16.9. The van der Waals surface area contributed by atoms with E-state index in [2.05, 4.69) is 58.1 Å². The van der Waals surface area contributed by atoms with E-state index in [1.54, 1.807) is 0 Å². The summed E-state index contributed by atoms with van der Waals surface area (Å²) in [7, 11) is 0. The second kappa shape index (κ2) is 8.28. The third-order valence-electron chi connectivity index (χ3n) is 5.26. The first kappa shape index (κ1) is 17.7. The van der Waals surface area contributed by atoms with E-state index in [1.165, 1.54) is 24.8 Å². The maximum Gasteiger partial charge on any atom is 0.0942 e. The van der Waals surface area contributed by atoms with E-state index >= 15 is 0 Å². The third-order valence-corrected chi connectivity index (χ3v) is 5.79. The molecule has 1 fully saturated rings. The Hall–Kier alpha value is -1.16. The lowest BCUT2D eigenvalue weighted by Gasteiger charge is -2.38. The van der Waals surface area contributed by atoms with Crippen LogP contribution in [0.1, 0.15) is 37.0 Å². The summed E-state index contributed by atoms with van der Waals surface area (Å²) in [5.74, 6) is 0.765. The highest BCUT2D eigenvalue weighted by atomic mass is 79.9. The summed E-state index contributed by atoms with van der Waals surface area (Å²) < 4.78 is 1.05. The third kappa shape index (κ3) is 4.47. The van der Waals surface area contributed by atoms with Crippen LogP contribution in [0.3, 0.4) is 0 Å². The highest BCUT2D eigenvalue weighted by molar-refractivity contribution is 9.10. The summed E-state index contributed by atoms with van der Waals surface area (Å²) in [5.41, 5.74) is 2.44. The maximum atomic E-state index is 10.7. The normalized spacial score (nSPS) is 19.1. The Morgan fingerprint density at radius 3 is 2.29 bits per heavy atom. The van der Waals surface area contributed by atoms with Crippen LogP contribution in [0.15, 0.2) is 59.1 Å². The molecule has 0 spiro atoms. The number of halogens is 1. The van der Waals surface area contributed by atoms with E-state index in [4.69, 9.17) is 0 Å². The average molecular weight is 388 g/mol. The molecule has 1 heterocycles. The van der Waals surface area contributed by atoms with Crippen molar-refractivity contribution in [2.75, 3.05) is 13.1 Å². The first-order valence-corrected chi connectivity index (χ1v) is 9.64. The smallest absolute Gasteiger partial charge is 0.0942 e. The summed E-state index contributed by atoms with van der Waals surface area (Å²) in [5, 5.41) is 10.7. The Kier molecular flexibility index (Phi) is 6.09. The van der Waals surface area contributed by atoms with Crippen LogP contribution in [0.25, 0.3) is 0 Å². The summed E-state index contributed by atoms with van der Waals surface area (Å²) in [6, 6.07) is 19.0. The number of aliphatic hydroxyl groups is 1. The van der Waals surface area contributed by atoms with Gasteiger partial charge in [-0.3, -0.25) is 4.90 Å². The van der Waals surface area contributed by atoms with Gasteiger partial charge in [0.1, 0.15) is 0 Å². The zero-order valence-corrected chi connectivity index (χ0v) is 15.8. The summed E-state index contributed by atoms with van der Waals surface area (Å²) in [6.07, 6.45) is 3.18. The van der Waals surface area contributed by atoms with Gasteiger partial charge in [0.15, 0.2) is 0 Å². The molecule has 0 amide bonds. The Balaban J connectivity index is 1.53. The lowest BCUT2D eigenvalue weighted by atomic mass is 9.89. The molecule has 0 aliphatic carbocycles. The second-order valence-electron chi connectivity index (χ2n) is 6.91. The van der Waals surface area contributed by atoms with Gasteiger partial charge in [-0.05, 0) is 68.5 Å². The van der Waals surface area contributed by atoms with Crippen molar-refractivity contribution in [3.8, 4) is 0 Å². The van der Waals surface area contributed by atoms with Crippen LogP contribution >= 0.6 is 15.9 Å². The fourth-order valence-electron chi connectivity index (χ4n) is 3.65. The average Bonchev–Trinajstić information content (AvgIpc) is 2.63. The van der Waals surface area contributed by atoms with E-state index in [0.29, 0.717) is 0 Å². The molecule has 0 aromatic heterocycles. The van der Waals surface area contributed by atoms with Crippen LogP contribution in [0.4, 0.5) is 0 Å². The number of nitrogens with zero attached hydrogens (tertiary/aromatic N) is 1. The van der Waals surface area contributed by atoms with Crippen molar-refractivity contribution in [3.05, 3.63) is 70.2 Å². The first-order chi connectivity index (χ1) is 11.6. The van der Waals surface area contributed by atoms with E-state index in [9.17, 15) is 5.11 Å². The van der Waals surface area contributed by atoms with E-state index in [1.807, 2.05) is 24.3 Å². The maximum absolute atomic E-state index is 10.7. The highest BCUT2D eigenvalue weighted by Gasteiger charge is 2.27. The van der Waals surface area contributed by atoms with E-state index in [-0.39, 0.29) is 6.04 Å². The predicted molar refractivity (Wildman–Crippen MR) is 103 cm³/mol. The van der Waals surface area contributed by atoms with Crippen molar-refractivity contribution in [2.24, 2.45) is 5.92 Å². The number of hydrogen-bond donors (Lipinski definition) is 1. The van der Waals surface area contributed by atoms with Crippen LogP contribution in [-0.4, -0.2) is 29.1 Å². The predicted octanol–water partition coefficient (Wildman–Crippen LogP) is 4.83. The standard InChI is InChI=1S/C21H26BrNO/c1-16(21(24)19-7-9-20(22)10-8-19)23-13-11-18(12-14-23)15-17-5-3-2-4-6-17/h2-10,16,18,21,24H,11-15H2,1H3/t16-,21+/m1/s1. The molecule has 2 nitrogen and oxygen atoms in total. The van der Waals surface area contributed by atoms with Crippen LogP contribution < -0.4 is 0 Å². The molecule has 2 aromatic carbocycles. The van der Waals surface area contributed by atoms with Crippen LogP contribution in [-0.2, 0) is 6.42 Å². The molecule has 2 aromatic rings. The topological polar surface area (TPSA) is 23.5 Å². The molecule has 1 N–H and O–H groups in total. The van der Waals surface area contributed by atoms with Crippen molar-refractivity contribution in [1.29, 1.82) is 0 Å². The Morgan fingerprint density at radius 1 is 1.04 bits per heavy atom. The van der Waals surface area contributed by atoms with Gasteiger partial charge in [-0.2, -0.15) is 0 Å². The number of piperidine rings is 1. The molecule has 128 valence electrons. The molecule has 3 heteroatoms. The number of rotatable bonds is 5. The SMILES string of the molecule is C[C@H]([C@H](O)c1ccc(Br)cc1)N1CCC(Cc2ccccc2)CC1. The summed E-state index contributed by atoms with van der Waals surface area (Å²) >= 11 is 3.45. The van der Waals surface area contributed by atoms with Gasteiger partial charge in [0.2, 0.25) is 0 Å². The van der Waals surface area contributed by atoms with Gasteiger partial charge in [-0.15, -0.1) is 0 Å². The Morgan fingerprint density at radius 2 is 1.67 bits per heavy atom. The minimum atomic E-state index is -0.427. The number of likely N-dealkylation sites (tertiary alicyclic amines) is 1. The molecule has 2 atom stereocenters. The molecular weight excluding hydrogens is 362 g/mol. The van der Waals surface area contributed by atoms with Crippen molar-refractivity contribution >= 4 is 15.9 Å². The minimum Gasteiger partial charge on any atom is -0.387 e. The molecule has 1 aliphatic heterocycles. The van der Waals surface area contributed by atoms with Crippen LogP contribution in [0, 0.1) is 5.92 Å². The largest absolute Gasteiger partial charge is 0.387 e. The number of aliphatic hydroxyl groups excluding tert-OH is 1. The van der Waals surface area contributed by atoms with Gasteiger partial charge in [-0.1, -0.05) is 58.4 Å². The van der Waals surface area contributed by atoms with Crippen molar-refractivity contribution in [3.63, 3.8) is 0 Å². The van der Waals surface area contributed by atoms with Gasteiger partial charge < -0.3 is 5.11 Å². The lowest BCUT2D eigenvalue weighted by Crippen LogP contribution is -2.43. The molecule has 3 rings (SSSR count). The Bertz CT molecular complexity index is 620. The van der Waals surface area contributed by atoms with Gasteiger partial charge in [0.05, 0.1) is 6.10 Å². The molecule has 24 heavy (non-hydrogen) atoms. The fourth-order valence-corrected chi connectivity index (χ4v) is 3.91. The van der Waals surface area contributed by atoms with Gasteiger partial charge in [0, 0.05) is 10.5 Å². The first-order valence-electron chi connectivity index (χ1n) is 8.85. The molecule has 0 bridgehead atoms. The molecule has 1 saturated heterocycles. The van der Waals surface area contributed by atoms with Crippen molar-refractivity contribution < 1.29 is 5.11 Å².